The van der Waals surface area contributed by atoms with Crippen LogP contribution in [0.4, 0.5) is 0 Å². The van der Waals surface area contributed by atoms with Gasteiger partial charge in [0.2, 0.25) is 0 Å². The number of aliphatic hydroxyl groups is 2. The normalized spacial score (nSPS) is 13.9. The molecular formula is C17H34O4. The van der Waals surface area contributed by atoms with Gasteiger partial charge in [-0.1, -0.05) is 58.3 Å². The topological polar surface area (TPSA) is 66.8 Å². The first-order valence-corrected chi connectivity index (χ1v) is 8.63. The smallest absolute Gasteiger partial charge is 0.305 e. The molecule has 0 aliphatic heterocycles. The molecule has 0 aliphatic rings. The molecule has 21 heavy (non-hydrogen) atoms. The number of aliphatic hydroxyl groups excluding tert-OH is 2. The Labute approximate surface area is 129 Å². The third-order valence-electron chi connectivity index (χ3n) is 3.75. The van der Waals surface area contributed by atoms with E-state index in [1.807, 2.05) is 0 Å². The monoisotopic (exact) mass is 302 g/mol. The molecule has 4 nitrogen and oxygen atoms in total. The SMILES string of the molecule is CCCCCCCCCC[C@@H](O)[C@H](O)CCC(=O)OCC. The summed E-state index contributed by atoms with van der Waals surface area (Å²) in [6, 6.07) is 0. The number of ether oxygens (including phenoxy) is 1. The third kappa shape index (κ3) is 12.8. The maximum Gasteiger partial charge on any atom is 0.305 e. The van der Waals surface area contributed by atoms with Crippen molar-refractivity contribution in [2.24, 2.45) is 0 Å². The fraction of sp³-hybridized carbons (Fsp3) is 0.941. The van der Waals surface area contributed by atoms with Crippen molar-refractivity contribution in [2.75, 3.05) is 6.61 Å². The molecule has 4 heteroatoms. The number of hydrogen-bond acceptors (Lipinski definition) is 4. The van der Waals surface area contributed by atoms with Gasteiger partial charge in [0, 0.05) is 6.42 Å². The number of hydrogen-bond donors (Lipinski definition) is 2. The van der Waals surface area contributed by atoms with E-state index < -0.39 is 12.2 Å². The van der Waals surface area contributed by atoms with Gasteiger partial charge in [-0.25, -0.2) is 0 Å². The highest BCUT2D eigenvalue weighted by molar-refractivity contribution is 5.69. The minimum absolute atomic E-state index is 0.170. The summed E-state index contributed by atoms with van der Waals surface area (Å²) in [5, 5.41) is 19.6. The van der Waals surface area contributed by atoms with Crippen LogP contribution in [0, 0.1) is 0 Å². The van der Waals surface area contributed by atoms with Crippen LogP contribution in [0.5, 0.6) is 0 Å². The van der Waals surface area contributed by atoms with Gasteiger partial charge in [0.15, 0.2) is 0 Å². The first kappa shape index (κ1) is 20.4. The predicted octanol–water partition coefficient (Wildman–Crippen LogP) is 3.58. The molecule has 0 rings (SSSR count). The van der Waals surface area contributed by atoms with E-state index in [0.29, 0.717) is 13.0 Å². The Morgan fingerprint density at radius 3 is 1.95 bits per heavy atom. The minimum atomic E-state index is -0.820. The van der Waals surface area contributed by atoms with Crippen LogP contribution in [-0.4, -0.2) is 35.0 Å². The van der Waals surface area contributed by atoms with Crippen LogP contribution in [0.25, 0.3) is 0 Å². The summed E-state index contributed by atoms with van der Waals surface area (Å²) in [7, 11) is 0. The molecule has 0 unspecified atom stereocenters. The summed E-state index contributed by atoms with van der Waals surface area (Å²) < 4.78 is 4.79. The molecule has 0 spiro atoms. The summed E-state index contributed by atoms with van der Waals surface area (Å²) in [6.07, 6.45) is 9.25. The average Bonchev–Trinajstić information content (AvgIpc) is 2.47. The lowest BCUT2D eigenvalue weighted by Crippen LogP contribution is -2.26. The Bertz CT molecular complexity index is 243. The number of carbonyl (C=O) groups is 1. The fourth-order valence-corrected chi connectivity index (χ4v) is 2.37. The third-order valence-corrected chi connectivity index (χ3v) is 3.75. The lowest BCUT2D eigenvalue weighted by Gasteiger charge is -2.17. The van der Waals surface area contributed by atoms with Gasteiger partial charge in [-0.3, -0.25) is 4.79 Å². The zero-order valence-electron chi connectivity index (χ0n) is 13.9. The first-order chi connectivity index (χ1) is 10.1. The van der Waals surface area contributed by atoms with Crippen molar-refractivity contribution in [3.8, 4) is 0 Å². The molecule has 0 aromatic heterocycles. The number of carbonyl (C=O) groups excluding carboxylic acids is 1. The molecule has 0 saturated heterocycles. The van der Waals surface area contributed by atoms with Gasteiger partial charge in [0.25, 0.3) is 0 Å². The predicted molar refractivity (Wildman–Crippen MR) is 85.1 cm³/mol. The molecule has 126 valence electrons. The van der Waals surface area contributed by atoms with Gasteiger partial charge in [-0.2, -0.15) is 0 Å². The second-order valence-corrected chi connectivity index (χ2v) is 5.74. The van der Waals surface area contributed by atoms with E-state index in [2.05, 4.69) is 6.92 Å². The number of unbranched alkanes of at least 4 members (excludes halogenated alkanes) is 7. The second-order valence-electron chi connectivity index (χ2n) is 5.74. The minimum Gasteiger partial charge on any atom is -0.466 e. The van der Waals surface area contributed by atoms with Crippen molar-refractivity contribution in [3.63, 3.8) is 0 Å². The largest absolute Gasteiger partial charge is 0.466 e. The fourth-order valence-electron chi connectivity index (χ4n) is 2.37. The maximum atomic E-state index is 11.2. The van der Waals surface area contributed by atoms with Crippen LogP contribution in [0.3, 0.4) is 0 Å². The second kappa shape index (κ2) is 14.3. The van der Waals surface area contributed by atoms with Crippen molar-refractivity contribution in [2.45, 2.75) is 96.7 Å². The van der Waals surface area contributed by atoms with Crippen LogP contribution in [0.2, 0.25) is 0 Å². The van der Waals surface area contributed by atoms with Crippen LogP contribution < -0.4 is 0 Å². The highest BCUT2D eigenvalue weighted by atomic mass is 16.5. The van der Waals surface area contributed by atoms with E-state index in [1.54, 1.807) is 6.92 Å². The van der Waals surface area contributed by atoms with E-state index in [1.165, 1.54) is 38.5 Å². The lowest BCUT2D eigenvalue weighted by molar-refractivity contribution is -0.144. The molecule has 0 fully saturated rings. The Hall–Kier alpha value is -0.610. The van der Waals surface area contributed by atoms with Gasteiger partial charge in [0.1, 0.15) is 0 Å². The van der Waals surface area contributed by atoms with Gasteiger partial charge in [-0.15, -0.1) is 0 Å². The number of rotatable bonds is 14. The molecule has 2 atom stereocenters. The zero-order chi connectivity index (χ0) is 15.9. The lowest BCUT2D eigenvalue weighted by atomic mass is 10.0. The molecule has 0 amide bonds. The molecule has 0 aromatic carbocycles. The molecule has 0 saturated carbocycles. The molecule has 0 radical (unpaired) electrons. The quantitative estimate of drug-likeness (QED) is 0.380. The highest BCUT2D eigenvalue weighted by Gasteiger charge is 2.17. The van der Waals surface area contributed by atoms with Crippen LogP contribution in [0.15, 0.2) is 0 Å². The Morgan fingerprint density at radius 1 is 0.857 bits per heavy atom. The molecule has 0 aromatic rings. The molecule has 0 bridgehead atoms. The highest BCUT2D eigenvalue weighted by Crippen LogP contribution is 2.13. The molecule has 2 N–H and O–H groups in total. The van der Waals surface area contributed by atoms with E-state index in [9.17, 15) is 15.0 Å². The summed E-state index contributed by atoms with van der Waals surface area (Å²) in [4.78, 5) is 11.2. The van der Waals surface area contributed by atoms with E-state index in [4.69, 9.17) is 4.74 Å². The van der Waals surface area contributed by atoms with Crippen molar-refractivity contribution < 1.29 is 19.7 Å². The van der Waals surface area contributed by atoms with E-state index in [0.717, 1.165) is 12.8 Å². The molecule has 0 heterocycles. The van der Waals surface area contributed by atoms with Crippen molar-refractivity contribution in [1.29, 1.82) is 0 Å². The van der Waals surface area contributed by atoms with Gasteiger partial charge in [-0.05, 0) is 19.8 Å². The van der Waals surface area contributed by atoms with Crippen molar-refractivity contribution in [3.05, 3.63) is 0 Å². The summed E-state index contributed by atoms with van der Waals surface area (Å²) >= 11 is 0. The Morgan fingerprint density at radius 2 is 1.38 bits per heavy atom. The Kier molecular flexibility index (Phi) is 13.9. The summed E-state index contributed by atoms with van der Waals surface area (Å²) in [5.41, 5.74) is 0. The van der Waals surface area contributed by atoms with Crippen molar-refractivity contribution >= 4 is 5.97 Å². The van der Waals surface area contributed by atoms with Gasteiger partial charge in [0.05, 0.1) is 18.8 Å². The molecule has 0 aliphatic carbocycles. The number of esters is 1. The van der Waals surface area contributed by atoms with E-state index >= 15 is 0 Å². The van der Waals surface area contributed by atoms with Crippen LogP contribution >= 0.6 is 0 Å². The van der Waals surface area contributed by atoms with E-state index in [-0.39, 0.29) is 18.8 Å². The summed E-state index contributed by atoms with van der Waals surface area (Å²) in [5.74, 6) is -0.309. The van der Waals surface area contributed by atoms with Crippen molar-refractivity contribution in [1.82, 2.24) is 0 Å². The first-order valence-electron chi connectivity index (χ1n) is 8.63. The maximum absolute atomic E-state index is 11.2. The van der Waals surface area contributed by atoms with Crippen LogP contribution in [0.1, 0.15) is 84.5 Å². The Balaban J connectivity index is 3.47. The average molecular weight is 302 g/mol. The zero-order valence-corrected chi connectivity index (χ0v) is 13.9. The summed E-state index contributed by atoms with van der Waals surface area (Å²) in [6.45, 7) is 4.33. The van der Waals surface area contributed by atoms with Gasteiger partial charge >= 0.3 is 5.97 Å². The van der Waals surface area contributed by atoms with Crippen LogP contribution in [-0.2, 0) is 9.53 Å². The molecular weight excluding hydrogens is 268 g/mol. The van der Waals surface area contributed by atoms with Gasteiger partial charge < -0.3 is 14.9 Å². The standard InChI is InChI=1S/C17H34O4/c1-3-5-6-7-8-9-10-11-12-15(18)16(19)13-14-17(20)21-4-2/h15-16,18-19H,3-14H2,1-2H3/t15-,16-/m1/s1.